The molecular formula is C4H7N2O+. The maximum Gasteiger partial charge on any atom is 0.180 e. The fourth-order valence-electron chi connectivity index (χ4n) is 0.361. The number of nitrogens with zero attached hydrogens (tertiary/aromatic N) is 1. The van der Waals surface area contributed by atoms with Crippen molar-refractivity contribution in [2.45, 2.75) is 6.54 Å². The van der Waals surface area contributed by atoms with E-state index in [1.54, 1.807) is 6.26 Å². The first-order valence-corrected chi connectivity index (χ1v) is 2.10. The molecule has 0 saturated carbocycles. The summed E-state index contributed by atoms with van der Waals surface area (Å²) in [4.78, 5) is 3.81. The third kappa shape index (κ3) is 0.778. The van der Waals surface area contributed by atoms with Crippen molar-refractivity contribution in [3.63, 3.8) is 0 Å². The van der Waals surface area contributed by atoms with Gasteiger partial charge in [0, 0.05) is 0 Å². The first kappa shape index (κ1) is 4.33. The molecule has 0 spiro atoms. The molecule has 1 rings (SSSR count). The van der Waals surface area contributed by atoms with Gasteiger partial charge >= 0.3 is 0 Å². The van der Waals surface area contributed by atoms with Gasteiger partial charge in [-0.25, -0.2) is 4.98 Å². The highest BCUT2D eigenvalue weighted by Crippen LogP contribution is 1.87. The van der Waals surface area contributed by atoms with E-state index in [4.69, 9.17) is 0 Å². The molecule has 0 atom stereocenters. The van der Waals surface area contributed by atoms with Gasteiger partial charge in [0.1, 0.15) is 18.5 Å². The van der Waals surface area contributed by atoms with Crippen LogP contribution in [0, 0.1) is 0 Å². The maximum absolute atomic E-state index is 4.65. The Morgan fingerprint density at radius 1 is 1.86 bits per heavy atom. The molecule has 3 nitrogen and oxygen atoms in total. The summed E-state index contributed by atoms with van der Waals surface area (Å²) in [5.41, 5.74) is 4.51. The highest BCUT2D eigenvalue weighted by molar-refractivity contribution is 4.85. The van der Waals surface area contributed by atoms with Crippen LogP contribution in [0.4, 0.5) is 0 Å². The molecule has 3 heteroatoms. The van der Waals surface area contributed by atoms with Gasteiger partial charge in [-0.05, 0) is 0 Å². The van der Waals surface area contributed by atoms with Crippen LogP contribution in [-0.2, 0) is 6.54 Å². The van der Waals surface area contributed by atoms with Crippen LogP contribution >= 0.6 is 0 Å². The molecule has 0 unspecified atom stereocenters. The van der Waals surface area contributed by atoms with Crippen LogP contribution in [0.25, 0.3) is 0 Å². The Hall–Kier alpha value is -0.830. The van der Waals surface area contributed by atoms with Gasteiger partial charge in [-0.15, -0.1) is 0 Å². The zero-order valence-corrected chi connectivity index (χ0v) is 3.92. The van der Waals surface area contributed by atoms with E-state index in [2.05, 4.69) is 15.1 Å². The second kappa shape index (κ2) is 1.75. The molecule has 7 heavy (non-hydrogen) atoms. The van der Waals surface area contributed by atoms with E-state index in [-0.39, 0.29) is 0 Å². The number of hydrogen-bond donors (Lipinski definition) is 1. The quantitative estimate of drug-likeness (QED) is 0.512. The summed E-state index contributed by atoms with van der Waals surface area (Å²) >= 11 is 0. The lowest BCUT2D eigenvalue weighted by Crippen LogP contribution is -2.47. The van der Waals surface area contributed by atoms with Gasteiger partial charge in [-0.2, -0.15) is 0 Å². The Morgan fingerprint density at radius 2 is 2.71 bits per heavy atom. The number of aromatic nitrogens is 1. The van der Waals surface area contributed by atoms with Crippen LogP contribution in [0.1, 0.15) is 5.69 Å². The van der Waals surface area contributed by atoms with Crippen LogP contribution in [0.15, 0.2) is 17.1 Å². The van der Waals surface area contributed by atoms with Gasteiger partial charge in [-0.3, -0.25) is 0 Å². The zero-order chi connectivity index (χ0) is 5.11. The largest absolute Gasteiger partial charge is 0.451 e. The van der Waals surface area contributed by atoms with Gasteiger partial charge in [0.25, 0.3) is 0 Å². The van der Waals surface area contributed by atoms with Gasteiger partial charge in [0.2, 0.25) is 0 Å². The molecule has 0 aliphatic carbocycles. The van der Waals surface area contributed by atoms with E-state index in [9.17, 15) is 0 Å². The summed E-state index contributed by atoms with van der Waals surface area (Å²) in [6.45, 7) is 0.705. The Bertz CT molecular complexity index is 124. The van der Waals surface area contributed by atoms with Crippen molar-refractivity contribution < 1.29 is 10.2 Å². The lowest BCUT2D eigenvalue weighted by molar-refractivity contribution is -0.387. The van der Waals surface area contributed by atoms with E-state index >= 15 is 0 Å². The van der Waals surface area contributed by atoms with Crippen molar-refractivity contribution in [2.24, 2.45) is 0 Å². The number of quaternary nitrogens is 1. The molecular weight excluding hydrogens is 92.1 g/mol. The molecule has 0 amide bonds. The third-order valence-electron chi connectivity index (χ3n) is 0.740. The predicted octanol–water partition coefficient (Wildman–Crippen LogP) is -0.584. The maximum atomic E-state index is 4.65. The van der Waals surface area contributed by atoms with Crippen LogP contribution in [0.3, 0.4) is 0 Å². The van der Waals surface area contributed by atoms with E-state index in [1.165, 1.54) is 6.39 Å². The molecule has 38 valence electrons. The van der Waals surface area contributed by atoms with Crippen LogP contribution in [0.2, 0.25) is 0 Å². The highest BCUT2D eigenvalue weighted by Gasteiger charge is 1.88. The normalized spacial score (nSPS) is 9.29. The summed E-state index contributed by atoms with van der Waals surface area (Å²) in [7, 11) is 0. The minimum atomic E-state index is 0.705. The Kier molecular flexibility index (Phi) is 1.08. The highest BCUT2D eigenvalue weighted by atomic mass is 16.3. The molecule has 0 aliphatic rings. The van der Waals surface area contributed by atoms with Crippen LogP contribution in [-0.4, -0.2) is 4.98 Å². The monoisotopic (exact) mass is 99.1 g/mol. The first-order chi connectivity index (χ1) is 3.43. The number of rotatable bonds is 1. The van der Waals surface area contributed by atoms with Crippen molar-refractivity contribution in [2.75, 3.05) is 0 Å². The standard InChI is InChI=1S/C4H6N2O/c5-1-4-2-7-3-6-4/h2-3H,1,5H2/p+1. The summed E-state index contributed by atoms with van der Waals surface area (Å²) in [6.07, 6.45) is 2.99. The molecule has 1 aromatic rings. The van der Waals surface area contributed by atoms with Crippen LogP contribution < -0.4 is 5.73 Å². The van der Waals surface area contributed by atoms with Gasteiger partial charge < -0.3 is 10.2 Å². The van der Waals surface area contributed by atoms with Gasteiger partial charge in [0.05, 0.1) is 0 Å². The number of oxazole rings is 1. The lowest BCUT2D eigenvalue weighted by Gasteiger charge is -1.73. The van der Waals surface area contributed by atoms with E-state index < -0.39 is 0 Å². The summed E-state index contributed by atoms with van der Waals surface area (Å²) in [6, 6.07) is 0. The minimum Gasteiger partial charge on any atom is -0.451 e. The molecule has 0 radical (unpaired) electrons. The van der Waals surface area contributed by atoms with E-state index in [0.717, 1.165) is 5.69 Å². The second-order valence-corrected chi connectivity index (χ2v) is 1.23. The molecule has 0 fully saturated rings. The molecule has 0 bridgehead atoms. The molecule has 0 saturated heterocycles. The van der Waals surface area contributed by atoms with E-state index in [1.807, 2.05) is 0 Å². The summed E-state index contributed by atoms with van der Waals surface area (Å²) in [5, 5.41) is 0. The van der Waals surface area contributed by atoms with Gasteiger partial charge in [-0.1, -0.05) is 0 Å². The molecule has 0 aromatic carbocycles. The van der Waals surface area contributed by atoms with Crippen molar-refractivity contribution in [1.29, 1.82) is 0 Å². The number of hydrogen-bond acceptors (Lipinski definition) is 2. The average Bonchev–Trinajstić information content (AvgIpc) is 2.14. The smallest absolute Gasteiger partial charge is 0.180 e. The minimum absolute atomic E-state index is 0.705. The molecule has 0 aliphatic heterocycles. The fraction of sp³-hybridized carbons (Fsp3) is 0.250. The molecule has 1 aromatic heterocycles. The molecule has 1 heterocycles. The summed E-state index contributed by atoms with van der Waals surface area (Å²) < 4.78 is 4.65. The summed E-state index contributed by atoms with van der Waals surface area (Å²) in [5.74, 6) is 0. The average molecular weight is 99.1 g/mol. The molecule has 3 N–H and O–H groups in total. The second-order valence-electron chi connectivity index (χ2n) is 1.23. The van der Waals surface area contributed by atoms with Crippen molar-refractivity contribution in [3.8, 4) is 0 Å². The van der Waals surface area contributed by atoms with Gasteiger partial charge in [0.15, 0.2) is 6.39 Å². The Labute approximate surface area is 41.2 Å². The van der Waals surface area contributed by atoms with Crippen molar-refractivity contribution in [1.82, 2.24) is 4.98 Å². The fourth-order valence-corrected chi connectivity index (χ4v) is 0.361. The Balaban J connectivity index is 2.76. The lowest BCUT2D eigenvalue weighted by atomic mass is 10.5. The first-order valence-electron chi connectivity index (χ1n) is 2.10. The zero-order valence-electron chi connectivity index (χ0n) is 3.92. The predicted molar refractivity (Wildman–Crippen MR) is 23.1 cm³/mol. The van der Waals surface area contributed by atoms with Crippen LogP contribution in [0.5, 0.6) is 0 Å². The SMILES string of the molecule is [NH3+]Cc1cocn1. The van der Waals surface area contributed by atoms with Crippen molar-refractivity contribution >= 4 is 0 Å². The Morgan fingerprint density at radius 3 is 3.00 bits per heavy atom. The third-order valence-corrected chi connectivity index (χ3v) is 0.740. The van der Waals surface area contributed by atoms with E-state index in [0.29, 0.717) is 6.54 Å². The van der Waals surface area contributed by atoms with Crippen molar-refractivity contribution in [3.05, 3.63) is 18.4 Å². The topological polar surface area (TPSA) is 53.7 Å².